The molecule has 2 N–H and O–H groups in total. The van der Waals surface area contributed by atoms with E-state index in [1.807, 2.05) is 11.8 Å². The van der Waals surface area contributed by atoms with Crippen molar-refractivity contribution in [3.05, 3.63) is 29.3 Å². The van der Waals surface area contributed by atoms with Gasteiger partial charge in [-0.15, -0.1) is 0 Å². The van der Waals surface area contributed by atoms with Crippen LogP contribution in [-0.2, 0) is 4.74 Å². The predicted molar refractivity (Wildman–Crippen MR) is 89.8 cm³/mol. The molecule has 1 aliphatic rings. The van der Waals surface area contributed by atoms with Gasteiger partial charge >= 0.3 is 6.03 Å². The summed E-state index contributed by atoms with van der Waals surface area (Å²) >= 11 is 0. The summed E-state index contributed by atoms with van der Waals surface area (Å²) < 4.78 is 4.91. The van der Waals surface area contributed by atoms with Gasteiger partial charge in [0.05, 0.1) is 6.61 Å². The molecule has 1 atom stereocenters. The molecule has 23 heavy (non-hydrogen) atoms. The highest BCUT2D eigenvalue weighted by Crippen LogP contribution is 2.21. The molecule has 0 aliphatic carbocycles. The van der Waals surface area contributed by atoms with Crippen molar-refractivity contribution < 1.29 is 14.3 Å². The van der Waals surface area contributed by atoms with Crippen molar-refractivity contribution in [1.82, 2.24) is 10.2 Å². The summed E-state index contributed by atoms with van der Waals surface area (Å²) in [6.07, 6.45) is 2.10. The fourth-order valence-electron chi connectivity index (χ4n) is 2.74. The van der Waals surface area contributed by atoms with Gasteiger partial charge in [0.2, 0.25) is 0 Å². The number of rotatable bonds is 5. The smallest absolute Gasteiger partial charge is 0.322 e. The average Bonchev–Trinajstić information content (AvgIpc) is 2.95. The maximum absolute atomic E-state index is 12.3. The minimum atomic E-state index is -0.142. The van der Waals surface area contributed by atoms with Gasteiger partial charge < -0.3 is 20.3 Å². The Bertz CT molecular complexity index is 574. The highest BCUT2D eigenvalue weighted by atomic mass is 16.5. The normalized spacial score (nSPS) is 17.2. The number of nitrogens with zero attached hydrogens (tertiary/aromatic N) is 1. The van der Waals surface area contributed by atoms with E-state index in [-0.39, 0.29) is 18.0 Å². The Morgan fingerprint density at radius 1 is 1.39 bits per heavy atom. The molecule has 1 saturated heterocycles. The molecule has 126 valence electrons. The number of hydrogen-bond acceptors (Lipinski definition) is 3. The number of anilines is 1. The molecule has 6 heteroatoms. The molecule has 1 aromatic rings. The van der Waals surface area contributed by atoms with Gasteiger partial charge in [0.15, 0.2) is 0 Å². The number of benzene rings is 1. The Kier molecular flexibility index (Phi) is 5.98. The summed E-state index contributed by atoms with van der Waals surface area (Å²) in [5.41, 5.74) is 2.18. The van der Waals surface area contributed by atoms with Crippen molar-refractivity contribution in [2.45, 2.75) is 32.7 Å². The minimum absolute atomic E-state index is 0.0737. The second-order valence-electron chi connectivity index (χ2n) is 5.89. The van der Waals surface area contributed by atoms with E-state index in [9.17, 15) is 9.59 Å². The molecule has 1 fully saturated rings. The molecule has 0 saturated carbocycles. The number of amides is 3. The van der Waals surface area contributed by atoms with Crippen LogP contribution in [0.5, 0.6) is 0 Å². The van der Waals surface area contributed by atoms with E-state index in [2.05, 4.69) is 17.6 Å². The molecular formula is C17H25N3O3. The molecule has 1 unspecified atom stereocenters. The van der Waals surface area contributed by atoms with Gasteiger partial charge in [-0.3, -0.25) is 4.79 Å². The fourth-order valence-corrected chi connectivity index (χ4v) is 2.74. The summed E-state index contributed by atoms with van der Waals surface area (Å²) in [4.78, 5) is 26.1. The number of nitrogens with one attached hydrogen (secondary N) is 2. The van der Waals surface area contributed by atoms with Gasteiger partial charge in [-0.25, -0.2) is 4.79 Å². The molecule has 0 radical (unpaired) electrons. The van der Waals surface area contributed by atoms with Crippen LogP contribution < -0.4 is 10.6 Å². The van der Waals surface area contributed by atoms with Crippen LogP contribution in [0, 0.1) is 6.92 Å². The zero-order valence-electron chi connectivity index (χ0n) is 14.0. The van der Waals surface area contributed by atoms with E-state index >= 15 is 0 Å². The molecule has 3 amide bonds. The number of urea groups is 1. The highest BCUT2D eigenvalue weighted by molar-refractivity contribution is 5.96. The molecule has 0 bridgehead atoms. The first-order valence-electron chi connectivity index (χ1n) is 7.98. The second kappa shape index (κ2) is 7.97. The molecule has 2 rings (SSSR count). The predicted octanol–water partition coefficient (Wildman–Crippen LogP) is 2.39. The Morgan fingerprint density at radius 3 is 2.78 bits per heavy atom. The van der Waals surface area contributed by atoms with Gasteiger partial charge in [0.1, 0.15) is 0 Å². The number of carbonyl (C=O) groups excluding carboxylic acids is 2. The van der Waals surface area contributed by atoms with Gasteiger partial charge in [-0.2, -0.15) is 0 Å². The fraction of sp³-hybridized carbons (Fsp3) is 0.529. The number of aryl methyl sites for hydroxylation is 1. The van der Waals surface area contributed by atoms with Crippen LogP contribution in [0.25, 0.3) is 0 Å². The van der Waals surface area contributed by atoms with E-state index in [0.717, 1.165) is 30.6 Å². The van der Waals surface area contributed by atoms with Crippen molar-refractivity contribution in [3.63, 3.8) is 0 Å². The Balaban J connectivity index is 1.99. The van der Waals surface area contributed by atoms with Gasteiger partial charge in [-0.1, -0.05) is 0 Å². The summed E-state index contributed by atoms with van der Waals surface area (Å²) in [6.45, 7) is 5.69. The zero-order valence-corrected chi connectivity index (χ0v) is 14.0. The number of methoxy groups -OCH3 is 1. The van der Waals surface area contributed by atoms with E-state index in [1.54, 1.807) is 25.3 Å². The van der Waals surface area contributed by atoms with Crippen LogP contribution in [0.4, 0.5) is 10.5 Å². The van der Waals surface area contributed by atoms with E-state index in [4.69, 9.17) is 4.74 Å². The van der Waals surface area contributed by atoms with Crippen LogP contribution >= 0.6 is 0 Å². The zero-order chi connectivity index (χ0) is 16.8. The minimum Gasteiger partial charge on any atom is -0.383 e. The molecule has 1 aliphatic heterocycles. The van der Waals surface area contributed by atoms with Gasteiger partial charge in [0, 0.05) is 37.5 Å². The van der Waals surface area contributed by atoms with E-state index in [1.165, 1.54) is 0 Å². The quantitative estimate of drug-likeness (QED) is 0.819. The first-order valence-corrected chi connectivity index (χ1v) is 7.98. The summed E-state index contributed by atoms with van der Waals surface area (Å²) in [6, 6.07) is 5.49. The lowest BCUT2D eigenvalue weighted by molar-refractivity contribution is 0.0937. The third-order valence-electron chi connectivity index (χ3n) is 4.14. The van der Waals surface area contributed by atoms with Gasteiger partial charge in [0.25, 0.3) is 5.91 Å². The maximum Gasteiger partial charge on any atom is 0.322 e. The highest BCUT2D eigenvalue weighted by Gasteiger charge is 2.25. The third kappa shape index (κ3) is 4.45. The first kappa shape index (κ1) is 17.3. The Hall–Kier alpha value is -2.08. The van der Waals surface area contributed by atoms with Crippen molar-refractivity contribution in [3.8, 4) is 0 Å². The number of likely N-dealkylation sites (tertiary alicyclic amines) is 1. The van der Waals surface area contributed by atoms with Crippen molar-refractivity contribution in [2.24, 2.45) is 0 Å². The Morgan fingerprint density at radius 2 is 2.17 bits per heavy atom. The van der Waals surface area contributed by atoms with Crippen LogP contribution in [0.2, 0.25) is 0 Å². The van der Waals surface area contributed by atoms with Crippen LogP contribution in [0.3, 0.4) is 0 Å². The topological polar surface area (TPSA) is 70.7 Å². The third-order valence-corrected chi connectivity index (χ3v) is 4.14. The van der Waals surface area contributed by atoms with Crippen LogP contribution in [0.15, 0.2) is 18.2 Å². The molecule has 1 aromatic carbocycles. The summed E-state index contributed by atoms with van der Waals surface area (Å²) in [5.74, 6) is -0.142. The van der Waals surface area contributed by atoms with Crippen LogP contribution in [0.1, 0.15) is 35.7 Å². The maximum atomic E-state index is 12.3. The average molecular weight is 319 g/mol. The molecule has 6 nitrogen and oxygen atoms in total. The number of carbonyl (C=O) groups is 2. The van der Waals surface area contributed by atoms with Crippen LogP contribution in [-0.4, -0.2) is 49.7 Å². The van der Waals surface area contributed by atoms with E-state index in [0.29, 0.717) is 18.7 Å². The summed E-state index contributed by atoms with van der Waals surface area (Å²) in [5, 5.41) is 5.71. The molecule has 0 spiro atoms. The largest absolute Gasteiger partial charge is 0.383 e. The number of hydrogen-bond donors (Lipinski definition) is 2. The molecule has 0 aromatic heterocycles. The van der Waals surface area contributed by atoms with E-state index < -0.39 is 0 Å². The second-order valence-corrected chi connectivity index (χ2v) is 5.89. The lowest BCUT2D eigenvalue weighted by Crippen LogP contribution is -2.37. The molecule has 1 heterocycles. The molecular weight excluding hydrogens is 294 g/mol. The number of ether oxygens (including phenoxy) is 1. The SMILES string of the molecule is COCCNC(=O)c1ccc(NC(=O)N2CCCC2C)c(C)c1. The van der Waals surface area contributed by atoms with Crippen molar-refractivity contribution >= 4 is 17.6 Å². The van der Waals surface area contributed by atoms with Crippen molar-refractivity contribution in [1.29, 1.82) is 0 Å². The monoisotopic (exact) mass is 319 g/mol. The lowest BCUT2D eigenvalue weighted by atomic mass is 10.1. The first-order chi connectivity index (χ1) is 11.0. The standard InChI is InChI=1S/C17H25N3O3/c1-12-11-14(16(21)18-8-10-23-3)6-7-15(12)19-17(22)20-9-4-5-13(20)2/h6-7,11,13H,4-5,8-10H2,1-3H3,(H,18,21)(H,19,22). The van der Waals surface area contributed by atoms with Crippen molar-refractivity contribution in [2.75, 3.05) is 32.1 Å². The lowest BCUT2D eigenvalue weighted by Gasteiger charge is -2.22. The summed E-state index contributed by atoms with van der Waals surface area (Å²) in [7, 11) is 1.59. The Labute approximate surface area is 137 Å². The van der Waals surface area contributed by atoms with Gasteiger partial charge in [-0.05, 0) is 50.5 Å².